The van der Waals surface area contributed by atoms with Crippen molar-refractivity contribution in [3.63, 3.8) is 0 Å². The van der Waals surface area contributed by atoms with Gasteiger partial charge in [-0.15, -0.1) is 0 Å². The molecular formula is C14H23NO4. The third kappa shape index (κ3) is 3.83. The number of para-hydroxylation sites is 1. The third-order valence-corrected chi connectivity index (χ3v) is 3.05. The van der Waals surface area contributed by atoms with Gasteiger partial charge in [-0.2, -0.15) is 0 Å². The molecule has 0 aromatic heterocycles. The highest BCUT2D eigenvalue weighted by Crippen LogP contribution is 2.36. The molecule has 1 rings (SSSR count). The predicted octanol–water partition coefficient (Wildman–Crippen LogP) is 1.49. The second kappa shape index (κ2) is 7.33. The predicted molar refractivity (Wildman–Crippen MR) is 73.6 cm³/mol. The molecule has 0 saturated carbocycles. The number of aliphatic hydroxyl groups is 1. The SMILES string of the molecule is COc1cccc(C(CN)OC(C)C(C)O)c1OC. The Morgan fingerprint density at radius 1 is 1.21 bits per heavy atom. The quantitative estimate of drug-likeness (QED) is 0.784. The van der Waals surface area contributed by atoms with Gasteiger partial charge in [0.05, 0.1) is 32.5 Å². The lowest BCUT2D eigenvalue weighted by molar-refractivity contribution is -0.0598. The summed E-state index contributed by atoms with van der Waals surface area (Å²) in [5.74, 6) is 1.24. The van der Waals surface area contributed by atoms with E-state index in [0.717, 1.165) is 5.56 Å². The monoisotopic (exact) mass is 269 g/mol. The van der Waals surface area contributed by atoms with Gasteiger partial charge in [-0.3, -0.25) is 0 Å². The Bertz CT molecular complexity index is 395. The van der Waals surface area contributed by atoms with Crippen molar-refractivity contribution in [2.75, 3.05) is 20.8 Å². The van der Waals surface area contributed by atoms with Gasteiger partial charge >= 0.3 is 0 Å². The summed E-state index contributed by atoms with van der Waals surface area (Å²) < 4.78 is 16.4. The molecule has 3 N–H and O–H groups in total. The summed E-state index contributed by atoms with van der Waals surface area (Å²) in [4.78, 5) is 0. The van der Waals surface area contributed by atoms with Crippen molar-refractivity contribution < 1.29 is 19.3 Å². The maximum Gasteiger partial charge on any atom is 0.166 e. The fourth-order valence-electron chi connectivity index (χ4n) is 1.79. The minimum absolute atomic E-state index is 0.292. The molecule has 1 aromatic carbocycles. The van der Waals surface area contributed by atoms with Crippen molar-refractivity contribution in [2.45, 2.75) is 32.2 Å². The van der Waals surface area contributed by atoms with Crippen molar-refractivity contribution in [3.05, 3.63) is 23.8 Å². The molecule has 0 saturated heterocycles. The van der Waals surface area contributed by atoms with Crippen LogP contribution in [0.3, 0.4) is 0 Å². The zero-order chi connectivity index (χ0) is 14.4. The Morgan fingerprint density at radius 2 is 1.89 bits per heavy atom. The molecule has 0 heterocycles. The van der Waals surface area contributed by atoms with Gasteiger partial charge in [0, 0.05) is 12.1 Å². The van der Waals surface area contributed by atoms with Gasteiger partial charge in [-0.05, 0) is 19.9 Å². The van der Waals surface area contributed by atoms with Crippen LogP contribution in [0, 0.1) is 0 Å². The van der Waals surface area contributed by atoms with E-state index in [4.69, 9.17) is 19.9 Å². The molecule has 0 fully saturated rings. The number of benzene rings is 1. The van der Waals surface area contributed by atoms with Crippen LogP contribution in [0.1, 0.15) is 25.5 Å². The third-order valence-electron chi connectivity index (χ3n) is 3.05. The molecule has 5 nitrogen and oxygen atoms in total. The van der Waals surface area contributed by atoms with E-state index in [2.05, 4.69) is 0 Å². The largest absolute Gasteiger partial charge is 0.493 e. The molecule has 3 atom stereocenters. The minimum Gasteiger partial charge on any atom is -0.493 e. The standard InChI is InChI=1S/C14H23NO4/c1-9(16)10(2)19-13(8-15)11-6-5-7-12(17-3)14(11)18-4/h5-7,9-10,13,16H,8,15H2,1-4H3. The van der Waals surface area contributed by atoms with E-state index in [-0.39, 0.29) is 12.2 Å². The van der Waals surface area contributed by atoms with Gasteiger partial charge in [-0.25, -0.2) is 0 Å². The van der Waals surface area contributed by atoms with E-state index < -0.39 is 6.10 Å². The average Bonchev–Trinajstić information content (AvgIpc) is 2.43. The molecule has 1 aromatic rings. The molecule has 0 radical (unpaired) electrons. The van der Waals surface area contributed by atoms with Crippen molar-refractivity contribution in [3.8, 4) is 11.5 Å². The number of methoxy groups -OCH3 is 2. The van der Waals surface area contributed by atoms with Crippen LogP contribution in [0.15, 0.2) is 18.2 Å². The molecule has 0 bridgehead atoms. The van der Waals surface area contributed by atoms with E-state index in [9.17, 15) is 5.11 Å². The van der Waals surface area contributed by atoms with Gasteiger partial charge in [-0.1, -0.05) is 12.1 Å². The highest BCUT2D eigenvalue weighted by Gasteiger charge is 2.22. The van der Waals surface area contributed by atoms with Gasteiger partial charge < -0.3 is 25.1 Å². The number of aliphatic hydroxyl groups excluding tert-OH is 1. The van der Waals surface area contributed by atoms with Gasteiger partial charge in [0.2, 0.25) is 0 Å². The smallest absolute Gasteiger partial charge is 0.166 e. The van der Waals surface area contributed by atoms with Crippen LogP contribution in [0.2, 0.25) is 0 Å². The topological polar surface area (TPSA) is 73.9 Å². The van der Waals surface area contributed by atoms with Crippen LogP contribution in [0.4, 0.5) is 0 Å². The first-order valence-corrected chi connectivity index (χ1v) is 6.29. The normalized spacial score (nSPS) is 15.7. The van der Waals surface area contributed by atoms with Crippen LogP contribution in [0.5, 0.6) is 11.5 Å². The molecule has 0 spiro atoms. The number of ether oxygens (including phenoxy) is 3. The van der Waals surface area contributed by atoms with Gasteiger partial charge in [0.25, 0.3) is 0 Å². The van der Waals surface area contributed by atoms with Crippen LogP contribution in [0.25, 0.3) is 0 Å². The number of rotatable bonds is 7. The molecule has 3 unspecified atom stereocenters. The van der Waals surface area contributed by atoms with Crippen molar-refractivity contribution in [1.29, 1.82) is 0 Å². The van der Waals surface area contributed by atoms with E-state index in [1.54, 1.807) is 28.1 Å². The number of hydrogen-bond donors (Lipinski definition) is 2. The van der Waals surface area contributed by atoms with E-state index in [1.807, 2.05) is 18.2 Å². The molecule has 0 amide bonds. The summed E-state index contributed by atoms with van der Waals surface area (Å²) >= 11 is 0. The first kappa shape index (κ1) is 15.8. The van der Waals surface area contributed by atoms with Crippen molar-refractivity contribution >= 4 is 0 Å². The van der Waals surface area contributed by atoms with Gasteiger partial charge in [0.15, 0.2) is 11.5 Å². The second-order valence-electron chi connectivity index (χ2n) is 4.39. The van der Waals surface area contributed by atoms with Crippen molar-refractivity contribution in [2.24, 2.45) is 5.73 Å². The lowest BCUT2D eigenvalue weighted by Crippen LogP contribution is -2.28. The fourth-order valence-corrected chi connectivity index (χ4v) is 1.79. The molecule has 108 valence electrons. The summed E-state index contributed by atoms with van der Waals surface area (Å²) in [6.07, 6.45) is -1.23. The molecule has 0 aliphatic carbocycles. The zero-order valence-electron chi connectivity index (χ0n) is 11.9. The first-order valence-electron chi connectivity index (χ1n) is 6.29. The Labute approximate surface area is 114 Å². The van der Waals surface area contributed by atoms with Crippen LogP contribution in [-0.4, -0.2) is 38.1 Å². The average molecular weight is 269 g/mol. The number of nitrogens with two attached hydrogens (primary N) is 1. The molecule has 0 aliphatic heterocycles. The molecule has 19 heavy (non-hydrogen) atoms. The second-order valence-corrected chi connectivity index (χ2v) is 4.39. The number of hydrogen-bond acceptors (Lipinski definition) is 5. The minimum atomic E-state index is -0.564. The maximum atomic E-state index is 9.52. The van der Waals surface area contributed by atoms with E-state index in [1.165, 1.54) is 0 Å². The summed E-state index contributed by atoms with van der Waals surface area (Å²) in [6, 6.07) is 5.55. The Kier molecular flexibility index (Phi) is 6.08. The summed E-state index contributed by atoms with van der Waals surface area (Å²) in [5, 5.41) is 9.52. The first-order chi connectivity index (χ1) is 9.04. The summed E-state index contributed by atoms with van der Waals surface area (Å²) in [6.45, 7) is 3.78. The molecule has 0 aliphatic rings. The summed E-state index contributed by atoms with van der Waals surface area (Å²) in [7, 11) is 3.16. The molecular weight excluding hydrogens is 246 g/mol. The van der Waals surface area contributed by atoms with Crippen LogP contribution >= 0.6 is 0 Å². The van der Waals surface area contributed by atoms with E-state index in [0.29, 0.717) is 18.0 Å². The van der Waals surface area contributed by atoms with Crippen LogP contribution < -0.4 is 15.2 Å². The fraction of sp³-hybridized carbons (Fsp3) is 0.571. The lowest BCUT2D eigenvalue weighted by Gasteiger charge is -2.25. The highest BCUT2D eigenvalue weighted by molar-refractivity contribution is 5.47. The maximum absolute atomic E-state index is 9.52. The summed E-state index contributed by atoms with van der Waals surface area (Å²) in [5.41, 5.74) is 6.58. The molecule has 5 heteroatoms. The van der Waals surface area contributed by atoms with Crippen LogP contribution in [-0.2, 0) is 4.74 Å². The van der Waals surface area contributed by atoms with Gasteiger partial charge in [0.1, 0.15) is 0 Å². The van der Waals surface area contributed by atoms with Crippen molar-refractivity contribution in [1.82, 2.24) is 0 Å². The Hall–Kier alpha value is -1.30. The lowest BCUT2D eigenvalue weighted by atomic mass is 10.1. The Morgan fingerprint density at radius 3 is 2.37 bits per heavy atom. The Balaban J connectivity index is 3.04. The van der Waals surface area contributed by atoms with E-state index >= 15 is 0 Å². The zero-order valence-corrected chi connectivity index (χ0v) is 11.9. The highest BCUT2D eigenvalue weighted by atomic mass is 16.5.